The Morgan fingerprint density at radius 1 is 1.20 bits per heavy atom. The van der Waals surface area contributed by atoms with Crippen LogP contribution in [0.15, 0.2) is 16.7 Å². The summed E-state index contributed by atoms with van der Waals surface area (Å²) in [5, 5.41) is 12.3. The molecule has 7 heteroatoms. The van der Waals surface area contributed by atoms with Crippen molar-refractivity contribution in [3.05, 3.63) is 23.7 Å². The van der Waals surface area contributed by atoms with Crippen molar-refractivity contribution in [3.63, 3.8) is 0 Å². The second-order valence-corrected chi connectivity index (χ2v) is 9.44. The van der Waals surface area contributed by atoms with Gasteiger partial charge in [0.05, 0.1) is 12.1 Å². The van der Waals surface area contributed by atoms with Crippen LogP contribution in [0.5, 0.6) is 0 Å². The quantitative estimate of drug-likeness (QED) is 0.534. The largest absolute Gasteiger partial charge is 0.460 e. The molecule has 0 radical (unpaired) electrons. The number of carbonyl (C=O) groups is 1. The Bertz CT molecular complexity index is 805. The Kier molecular flexibility index (Phi) is 7.56. The molecule has 0 spiro atoms. The number of hydrogen-bond donors (Lipinski definition) is 0. The van der Waals surface area contributed by atoms with Crippen LogP contribution in [0.25, 0.3) is 11.5 Å². The second-order valence-electron chi connectivity index (χ2n) is 9.44. The van der Waals surface area contributed by atoms with E-state index in [0.29, 0.717) is 17.4 Å². The molecule has 1 atom stereocenters. The van der Waals surface area contributed by atoms with E-state index in [1.54, 1.807) is 0 Å². The fraction of sp³-hybridized carbons (Fsp3) is 0.696. The van der Waals surface area contributed by atoms with Gasteiger partial charge in [0.15, 0.2) is 0 Å². The molecule has 7 nitrogen and oxygen atoms in total. The lowest BCUT2D eigenvalue weighted by molar-refractivity contribution is -0.155. The molecule has 0 amide bonds. The van der Waals surface area contributed by atoms with Crippen LogP contribution in [0.2, 0.25) is 0 Å². The molecule has 0 N–H and O–H groups in total. The summed E-state index contributed by atoms with van der Waals surface area (Å²) in [6.07, 6.45) is 10.0. The maximum absolute atomic E-state index is 12.5. The van der Waals surface area contributed by atoms with Crippen LogP contribution in [0.1, 0.15) is 96.1 Å². The van der Waals surface area contributed by atoms with E-state index in [2.05, 4.69) is 20.3 Å². The maximum Gasteiger partial charge on any atom is 0.307 e. The molecule has 2 aromatic rings. The van der Waals surface area contributed by atoms with Crippen molar-refractivity contribution in [2.24, 2.45) is 5.92 Å². The lowest BCUT2D eigenvalue weighted by Crippen LogP contribution is -2.25. The lowest BCUT2D eigenvalue weighted by Gasteiger charge is -2.23. The SMILES string of the molecule is Cc1ccc(-c2noc([C@H](CCCC3CCCCC3)CC(=O)OC(C)(C)C)n2)nn1. The predicted molar refractivity (Wildman–Crippen MR) is 114 cm³/mol. The van der Waals surface area contributed by atoms with Gasteiger partial charge < -0.3 is 9.26 Å². The van der Waals surface area contributed by atoms with Crippen LogP contribution >= 0.6 is 0 Å². The van der Waals surface area contributed by atoms with Gasteiger partial charge in [-0.15, -0.1) is 5.10 Å². The molecule has 2 heterocycles. The van der Waals surface area contributed by atoms with Gasteiger partial charge in [0, 0.05) is 5.92 Å². The molecular formula is C23H34N4O3. The zero-order valence-electron chi connectivity index (χ0n) is 18.7. The van der Waals surface area contributed by atoms with Crippen LogP contribution in [0.4, 0.5) is 0 Å². The molecule has 30 heavy (non-hydrogen) atoms. The summed E-state index contributed by atoms with van der Waals surface area (Å²) < 4.78 is 11.1. The predicted octanol–water partition coefficient (Wildman–Crippen LogP) is 5.40. The van der Waals surface area contributed by atoms with Crippen molar-refractivity contribution in [2.75, 3.05) is 0 Å². The number of aromatic nitrogens is 4. The molecule has 1 aliphatic rings. The van der Waals surface area contributed by atoms with Gasteiger partial charge in [0.1, 0.15) is 11.3 Å². The number of hydrogen-bond acceptors (Lipinski definition) is 7. The van der Waals surface area contributed by atoms with Gasteiger partial charge in [-0.05, 0) is 52.2 Å². The number of rotatable bonds is 8. The molecule has 0 aliphatic heterocycles. The number of aryl methyl sites for hydroxylation is 1. The summed E-state index contributed by atoms with van der Waals surface area (Å²) in [4.78, 5) is 17.0. The molecule has 1 fully saturated rings. The highest BCUT2D eigenvalue weighted by Crippen LogP contribution is 2.32. The molecule has 0 unspecified atom stereocenters. The summed E-state index contributed by atoms with van der Waals surface area (Å²) in [6, 6.07) is 3.68. The molecular weight excluding hydrogens is 380 g/mol. The van der Waals surface area contributed by atoms with Gasteiger partial charge in [-0.2, -0.15) is 10.1 Å². The summed E-state index contributed by atoms with van der Waals surface area (Å²) in [6.45, 7) is 7.51. The maximum atomic E-state index is 12.5. The van der Waals surface area contributed by atoms with E-state index in [1.807, 2.05) is 39.8 Å². The number of ether oxygens (including phenoxy) is 1. The fourth-order valence-corrected chi connectivity index (χ4v) is 4.05. The smallest absolute Gasteiger partial charge is 0.307 e. The average molecular weight is 415 g/mol. The molecule has 1 aliphatic carbocycles. The highest BCUT2D eigenvalue weighted by atomic mass is 16.6. The molecule has 3 rings (SSSR count). The van der Waals surface area contributed by atoms with Gasteiger partial charge in [0.2, 0.25) is 11.7 Å². The standard InChI is InChI=1S/C23H34N4O3/c1-16-13-14-19(26-25-16)21-24-22(30-27-21)18(15-20(28)29-23(2,3)4)12-8-11-17-9-6-5-7-10-17/h13-14,17-18H,5-12,15H2,1-4H3/t18-/m1/s1. The Morgan fingerprint density at radius 2 is 1.97 bits per heavy atom. The van der Waals surface area contributed by atoms with Crippen LogP contribution in [0.3, 0.4) is 0 Å². The molecule has 0 aromatic carbocycles. The Balaban J connectivity index is 1.67. The number of carbonyl (C=O) groups excluding carboxylic acids is 1. The third kappa shape index (κ3) is 6.89. The zero-order valence-corrected chi connectivity index (χ0v) is 18.7. The van der Waals surface area contributed by atoms with E-state index < -0.39 is 5.60 Å². The average Bonchev–Trinajstić information content (AvgIpc) is 3.17. The minimum atomic E-state index is -0.513. The number of esters is 1. The van der Waals surface area contributed by atoms with Gasteiger partial charge in [0.25, 0.3) is 0 Å². The van der Waals surface area contributed by atoms with Gasteiger partial charge in [-0.25, -0.2) is 0 Å². The topological polar surface area (TPSA) is 91.0 Å². The minimum absolute atomic E-state index is 0.150. The fourth-order valence-electron chi connectivity index (χ4n) is 4.05. The third-order valence-electron chi connectivity index (χ3n) is 5.54. The van der Waals surface area contributed by atoms with Crippen molar-refractivity contribution >= 4 is 5.97 Å². The molecule has 164 valence electrons. The van der Waals surface area contributed by atoms with Gasteiger partial charge >= 0.3 is 5.97 Å². The van der Waals surface area contributed by atoms with E-state index in [1.165, 1.54) is 38.5 Å². The Hall–Kier alpha value is -2.31. The molecule has 2 aromatic heterocycles. The number of nitrogens with zero attached hydrogens (tertiary/aromatic N) is 4. The van der Waals surface area contributed by atoms with Crippen LogP contribution in [-0.2, 0) is 9.53 Å². The van der Waals surface area contributed by atoms with Crippen molar-refractivity contribution in [3.8, 4) is 11.5 Å². The normalized spacial score (nSPS) is 16.4. The lowest BCUT2D eigenvalue weighted by atomic mass is 9.84. The summed E-state index contributed by atoms with van der Waals surface area (Å²) in [5.74, 6) is 1.30. The first kappa shape index (κ1) is 22.4. The van der Waals surface area contributed by atoms with E-state index in [9.17, 15) is 4.79 Å². The summed E-state index contributed by atoms with van der Waals surface area (Å²) >= 11 is 0. The van der Waals surface area contributed by atoms with E-state index in [0.717, 1.165) is 24.5 Å². The van der Waals surface area contributed by atoms with Crippen molar-refractivity contribution in [2.45, 2.75) is 97.0 Å². The third-order valence-corrected chi connectivity index (χ3v) is 5.54. The van der Waals surface area contributed by atoms with Gasteiger partial charge in [-0.1, -0.05) is 50.1 Å². The molecule has 1 saturated carbocycles. The van der Waals surface area contributed by atoms with Crippen molar-refractivity contribution in [1.82, 2.24) is 20.3 Å². The van der Waals surface area contributed by atoms with E-state index in [4.69, 9.17) is 9.26 Å². The highest BCUT2D eigenvalue weighted by Gasteiger charge is 2.26. The van der Waals surface area contributed by atoms with Crippen molar-refractivity contribution < 1.29 is 14.1 Å². The molecule has 0 bridgehead atoms. The van der Waals surface area contributed by atoms with Crippen LogP contribution in [-0.4, -0.2) is 31.9 Å². The Labute approximate surface area is 179 Å². The first-order valence-corrected chi connectivity index (χ1v) is 11.2. The first-order chi connectivity index (χ1) is 14.3. The first-order valence-electron chi connectivity index (χ1n) is 11.2. The van der Waals surface area contributed by atoms with Crippen molar-refractivity contribution in [1.29, 1.82) is 0 Å². The van der Waals surface area contributed by atoms with E-state index >= 15 is 0 Å². The monoisotopic (exact) mass is 414 g/mol. The van der Waals surface area contributed by atoms with Gasteiger partial charge in [-0.3, -0.25) is 4.79 Å². The van der Waals surface area contributed by atoms with Crippen LogP contribution in [0, 0.1) is 12.8 Å². The summed E-state index contributed by atoms with van der Waals surface area (Å²) in [7, 11) is 0. The van der Waals surface area contributed by atoms with E-state index in [-0.39, 0.29) is 18.3 Å². The second kappa shape index (κ2) is 10.1. The Morgan fingerprint density at radius 3 is 2.63 bits per heavy atom. The highest BCUT2D eigenvalue weighted by molar-refractivity contribution is 5.70. The summed E-state index contributed by atoms with van der Waals surface area (Å²) in [5.41, 5.74) is 0.878. The molecule has 0 saturated heterocycles. The van der Waals surface area contributed by atoms with Crippen LogP contribution < -0.4 is 0 Å². The zero-order chi connectivity index (χ0) is 21.6. The minimum Gasteiger partial charge on any atom is -0.460 e.